The summed E-state index contributed by atoms with van der Waals surface area (Å²) < 4.78 is 5.08. The summed E-state index contributed by atoms with van der Waals surface area (Å²) in [5.74, 6) is -0.785. The summed E-state index contributed by atoms with van der Waals surface area (Å²) in [5.41, 5.74) is 3.93. The van der Waals surface area contributed by atoms with Gasteiger partial charge in [-0.15, -0.1) is 0 Å². The van der Waals surface area contributed by atoms with E-state index in [4.69, 9.17) is 4.74 Å². The predicted octanol–water partition coefficient (Wildman–Crippen LogP) is 1.15. The average Bonchev–Trinajstić information content (AvgIpc) is 3.10. The largest absolute Gasteiger partial charge is 0.497 e. The molecule has 1 aliphatic heterocycles. The number of carbonyl (C=O) groups excluding carboxylic acids is 2. The Bertz CT molecular complexity index is 851. The zero-order valence-electron chi connectivity index (χ0n) is 16.1. The van der Waals surface area contributed by atoms with Crippen molar-refractivity contribution in [1.29, 1.82) is 0 Å². The highest BCUT2D eigenvalue weighted by Crippen LogP contribution is 2.29. The summed E-state index contributed by atoms with van der Waals surface area (Å²) in [4.78, 5) is 26.1. The van der Waals surface area contributed by atoms with Crippen molar-refractivity contribution < 1.29 is 19.4 Å². The number of hydrogen-bond acceptors (Lipinski definition) is 5. The molecule has 7 nitrogen and oxygen atoms in total. The molecule has 148 valence electrons. The van der Waals surface area contributed by atoms with E-state index in [1.807, 2.05) is 37.4 Å². The maximum atomic E-state index is 12.0. The maximum Gasteiger partial charge on any atom is 0.309 e. The van der Waals surface area contributed by atoms with Gasteiger partial charge in [0.1, 0.15) is 5.75 Å². The van der Waals surface area contributed by atoms with Gasteiger partial charge in [0.15, 0.2) is 0 Å². The number of carbonyl (C=O) groups is 2. The fraction of sp³-hybridized carbons (Fsp3) is 0.333. The Morgan fingerprint density at radius 2 is 1.86 bits per heavy atom. The van der Waals surface area contributed by atoms with Crippen molar-refractivity contribution in [3.8, 4) is 5.75 Å². The fourth-order valence-electron chi connectivity index (χ4n) is 3.19. The monoisotopic (exact) mass is 383 g/mol. The molecule has 2 amide bonds. The highest BCUT2D eigenvalue weighted by atomic mass is 16.5. The van der Waals surface area contributed by atoms with Crippen LogP contribution in [-0.4, -0.2) is 44.2 Å². The van der Waals surface area contributed by atoms with Crippen molar-refractivity contribution in [3.05, 3.63) is 59.2 Å². The first-order valence-electron chi connectivity index (χ1n) is 9.19. The molecule has 0 radical (unpaired) electrons. The van der Waals surface area contributed by atoms with Gasteiger partial charge < -0.3 is 25.4 Å². The molecule has 0 aliphatic carbocycles. The van der Waals surface area contributed by atoms with Crippen LogP contribution in [-0.2, 0) is 22.6 Å². The highest BCUT2D eigenvalue weighted by molar-refractivity contribution is 6.35. The predicted molar refractivity (Wildman–Crippen MR) is 106 cm³/mol. The molecule has 0 saturated heterocycles. The van der Waals surface area contributed by atoms with E-state index in [-0.39, 0.29) is 13.1 Å². The highest BCUT2D eigenvalue weighted by Gasteiger charge is 2.19. The second-order valence-electron chi connectivity index (χ2n) is 6.82. The number of likely N-dealkylation sites (N-methyl/N-ethyl adjacent to an activating group) is 1. The first kappa shape index (κ1) is 19.7. The third-order valence-electron chi connectivity index (χ3n) is 4.89. The number of fused-ring (bicyclic) bond motifs is 1. The van der Waals surface area contributed by atoms with Crippen LogP contribution in [0.25, 0.3) is 0 Å². The standard InChI is InChI=1S/C21H25N3O4/c1-24-10-9-15-11-16(5-8-18(15)24)19(25)13-23-21(27)20(26)22-12-14-3-6-17(28-2)7-4-14/h3-8,11,19,25H,9-10,12-13H2,1-2H3,(H,22,26)(H,23,27). The maximum absolute atomic E-state index is 12.0. The molecule has 1 unspecified atom stereocenters. The van der Waals surface area contributed by atoms with Gasteiger partial charge in [0, 0.05) is 32.4 Å². The number of methoxy groups -OCH3 is 1. The molecular weight excluding hydrogens is 358 g/mol. The van der Waals surface area contributed by atoms with Crippen molar-refractivity contribution in [3.63, 3.8) is 0 Å². The molecule has 0 bridgehead atoms. The number of benzene rings is 2. The molecule has 7 heteroatoms. The number of nitrogens with one attached hydrogen (secondary N) is 2. The van der Waals surface area contributed by atoms with E-state index < -0.39 is 17.9 Å². The molecule has 0 spiro atoms. The Balaban J connectivity index is 1.47. The van der Waals surface area contributed by atoms with Crippen LogP contribution in [0.4, 0.5) is 5.69 Å². The number of nitrogens with zero attached hydrogens (tertiary/aromatic N) is 1. The van der Waals surface area contributed by atoms with Gasteiger partial charge in [-0.25, -0.2) is 0 Å². The molecule has 3 N–H and O–H groups in total. The number of anilines is 1. The van der Waals surface area contributed by atoms with Crippen LogP contribution >= 0.6 is 0 Å². The van der Waals surface area contributed by atoms with E-state index in [0.29, 0.717) is 0 Å². The minimum atomic E-state index is -0.866. The number of hydrogen-bond donors (Lipinski definition) is 3. The first-order valence-corrected chi connectivity index (χ1v) is 9.19. The normalized spacial score (nSPS) is 13.6. The molecule has 0 fully saturated rings. The van der Waals surface area contributed by atoms with Crippen LogP contribution in [0.3, 0.4) is 0 Å². The van der Waals surface area contributed by atoms with E-state index >= 15 is 0 Å². The van der Waals surface area contributed by atoms with Gasteiger partial charge >= 0.3 is 11.8 Å². The average molecular weight is 383 g/mol. The summed E-state index contributed by atoms with van der Waals surface area (Å²) in [6.45, 7) is 1.17. The fourth-order valence-corrected chi connectivity index (χ4v) is 3.19. The Morgan fingerprint density at radius 1 is 1.14 bits per heavy atom. The molecule has 2 aromatic rings. The van der Waals surface area contributed by atoms with E-state index in [9.17, 15) is 14.7 Å². The summed E-state index contributed by atoms with van der Waals surface area (Å²) in [7, 11) is 3.61. The minimum Gasteiger partial charge on any atom is -0.497 e. The Morgan fingerprint density at radius 3 is 2.57 bits per heavy atom. The molecule has 0 saturated carbocycles. The van der Waals surface area contributed by atoms with Crippen LogP contribution in [0.15, 0.2) is 42.5 Å². The lowest BCUT2D eigenvalue weighted by Crippen LogP contribution is -2.41. The molecule has 1 atom stereocenters. The Labute approximate surface area is 164 Å². The van der Waals surface area contributed by atoms with Crippen LogP contribution in [0.1, 0.15) is 22.8 Å². The number of aliphatic hydroxyl groups is 1. The molecule has 28 heavy (non-hydrogen) atoms. The summed E-state index contributed by atoms with van der Waals surface area (Å²) in [6, 6.07) is 13.0. The van der Waals surface area contributed by atoms with Gasteiger partial charge in [0.05, 0.1) is 13.2 Å². The van der Waals surface area contributed by atoms with E-state index in [2.05, 4.69) is 15.5 Å². The number of aliphatic hydroxyl groups excluding tert-OH is 1. The van der Waals surface area contributed by atoms with Gasteiger partial charge in [0.2, 0.25) is 0 Å². The molecule has 3 rings (SSSR count). The third-order valence-corrected chi connectivity index (χ3v) is 4.89. The van der Waals surface area contributed by atoms with Crippen molar-refractivity contribution in [2.75, 3.05) is 32.1 Å². The zero-order valence-corrected chi connectivity index (χ0v) is 16.1. The lowest BCUT2D eigenvalue weighted by Gasteiger charge is -2.15. The number of amides is 2. The summed E-state index contributed by atoms with van der Waals surface area (Å²) in [5, 5.41) is 15.4. The van der Waals surface area contributed by atoms with Gasteiger partial charge in [-0.1, -0.05) is 24.3 Å². The van der Waals surface area contributed by atoms with Gasteiger partial charge in [0.25, 0.3) is 0 Å². The van der Waals surface area contributed by atoms with Crippen LogP contribution in [0.5, 0.6) is 5.75 Å². The second kappa shape index (κ2) is 8.75. The van der Waals surface area contributed by atoms with Gasteiger partial charge in [-0.2, -0.15) is 0 Å². The van der Waals surface area contributed by atoms with Crippen molar-refractivity contribution >= 4 is 17.5 Å². The minimum absolute atomic E-state index is 0.0244. The number of rotatable bonds is 6. The summed E-state index contributed by atoms with van der Waals surface area (Å²) >= 11 is 0. The lowest BCUT2D eigenvalue weighted by molar-refractivity contribution is -0.139. The first-order chi connectivity index (χ1) is 13.5. The zero-order chi connectivity index (χ0) is 20.1. The Hall–Kier alpha value is -3.06. The van der Waals surface area contributed by atoms with Crippen molar-refractivity contribution in [1.82, 2.24) is 10.6 Å². The molecular formula is C21H25N3O4. The Kier molecular flexibility index (Phi) is 6.16. The van der Waals surface area contributed by atoms with E-state index in [1.165, 1.54) is 5.56 Å². The molecule has 0 aromatic heterocycles. The quantitative estimate of drug-likeness (QED) is 0.651. The van der Waals surface area contributed by atoms with Crippen LogP contribution in [0, 0.1) is 0 Å². The van der Waals surface area contributed by atoms with Crippen molar-refractivity contribution in [2.45, 2.75) is 19.1 Å². The second-order valence-corrected chi connectivity index (χ2v) is 6.82. The summed E-state index contributed by atoms with van der Waals surface area (Å²) in [6.07, 6.45) is 0.0709. The van der Waals surface area contributed by atoms with E-state index in [1.54, 1.807) is 19.2 Å². The van der Waals surface area contributed by atoms with Crippen molar-refractivity contribution in [2.24, 2.45) is 0 Å². The molecule has 1 aliphatic rings. The molecule has 1 heterocycles. The third kappa shape index (κ3) is 4.61. The van der Waals surface area contributed by atoms with Gasteiger partial charge in [-0.05, 0) is 41.3 Å². The van der Waals surface area contributed by atoms with Crippen LogP contribution in [0.2, 0.25) is 0 Å². The lowest BCUT2D eigenvalue weighted by atomic mass is 10.0. The van der Waals surface area contributed by atoms with Gasteiger partial charge in [-0.3, -0.25) is 9.59 Å². The smallest absolute Gasteiger partial charge is 0.309 e. The van der Waals surface area contributed by atoms with E-state index in [0.717, 1.165) is 35.5 Å². The topological polar surface area (TPSA) is 90.9 Å². The van der Waals surface area contributed by atoms with Crippen LogP contribution < -0.4 is 20.3 Å². The number of ether oxygens (including phenoxy) is 1. The SMILES string of the molecule is COc1ccc(CNC(=O)C(=O)NCC(O)c2ccc3c(c2)CCN3C)cc1. The molecule has 2 aromatic carbocycles.